The zero-order valence-electron chi connectivity index (χ0n) is 14.6. The fraction of sp³-hybridized carbons (Fsp3) is 0.526. The zero-order chi connectivity index (χ0) is 17.5. The number of nitrogens with zero attached hydrogens (tertiary/aromatic N) is 1. The molecule has 2 atom stereocenters. The van der Waals surface area contributed by atoms with Gasteiger partial charge in [-0.1, -0.05) is 18.2 Å². The van der Waals surface area contributed by atoms with E-state index in [0.29, 0.717) is 25.2 Å². The summed E-state index contributed by atoms with van der Waals surface area (Å²) in [4.78, 5) is 14.3. The molecule has 1 aromatic carbocycles. The summed E-state index contributed by atoms with van der Waals surface area (Å²) in [6, 6.07) is 4.76. The van der Waals surface area contributed by atoms with Gasteiger partial charge in [0.15, 0.2) is 0 Å². The highest BCUT2D eigenvalue weighted by Crippen LogP contribution is 2.35. The highest BCUT2D eigenvalue weighted by molar-refractivity contribution is 5.76. The molecular formula is C19H24FNO3. The van der Waals surface area contributed by atoms with Crippen LogP contribution < -0.4 is 0 Å². The van der Waals surface area contributed by atoms with E-state index in [-0.39, 0.29) is 24.0 Å². The minimum Gasteiger partial charge on any atom is -0.444 e. The third kappa shape index (κ3) is 3.31. The number of carbonyl (C=O) groups is 1. The third-order valence-corrected chi connectivity index (χ3v) is 4.35. The van der Waals surface area contributed by atoms with E-state index in [9.17, 15) is 9.18 Å². The highest BCUT2D eigenvalue weighted by atomic mass is 19.1. The fourth-order valence-electron chi connectivity index (χ4n) is 3.42. The van der Waals surface area contributed by atoms with Gasteiger partial charge in [0, 0.05) is 5.56 Å². The Labute approximate surface area is 142 Å². The minimum absolute atomic E-state index is 0.127. The number of rotatable bonds is 1. The topological polar surface area (TPSA) is 38.8 Å². The second kappa shape index (κ2) is 6.20. The van der Waals surface area contributed by atoms with Crippen molar-refractivity contribution in [3.8, 4) is 0 Å². The lowest BCUT2D eigenvalue weighted by Gasteiger charge is -2.44. The molecule has 0 saturated carbocycles. The average molecular weight is 333 g/mol. The number of halogens is 1. The molecule has 0 aliphatic carbocycles. The number of morpholine rings is 1. The molecule has 4 nitrogen and oxygen atoms in total. The lowest BCUT2D eigenvalue weighted by atomic mass is 9.88. The van der Waals surface area contributed by atoms with Crippen molar-refractivity contribution in [1.29, 1.82) is 0 Å². The van der Waals surface area contributed by atoms with Crippen LogP contribution in [-0.4, -0.2) is 41.9 Å². The van der Waals surface area contributed by atoms with Crippen molar-refractivity contribution in [3.63, 3.8) is 0 Å². The standard InChI is InChI=1S/C19H24FNO3/c1-12-6-5-7-16(20)17(12)13-8-14-10-23-11-15(9-13)21(14)18(22)24-19(2,3)4/h5-8,14-15H,9-11H2,1-4H3. The molecule has 2 unspecified atom stereocenters. The van der Waals surface area contributed by atoms with Crippen molar-refractivity contribution >= 4 is 11.7 Å². The van der Waals surface area contributed by atoms with E-state index >= 15 is 0 Å². The number of hydrogen-bond acceptors (Lipinski definition) is 3. The van der Waals surface area contributed by atoms with E-state index in [1.807, 2.05) is 39.8 Å². The molecule has 3 rings (SSSR count). The Hall–Kier alpha value is -1.88. The first-order valence-electron chi connectivity index (χ1n) is 8.31. The van der Waals surface area contributed by atoms with Gasteiger partial charge in [-0.3, -0.25) is 4.90 Å². The van der Waals surface area contributed by atoms with Gasteiger partial charge < -0.3 is 9.47 Å². The minimum atomic E-state index is -0.543. The summed E-state index contributed by atoms with van der Waals surface area (Å²) in [5, 5.41) is 0. The summed E-state index contributed by atoms with van der Waals surface area (Å²) in [5.41, 5.74) is 1.96. The Kier molecular flexibility index (Phi) is 4.38. The molecule has 130 valence electrons. The van der Waals surface area contributed by atoms with Crippen molar-refractivity contribution < 1.29 is 18.7 Å². The van der Waals surface area contributed by atoms with Crippen molar-refractivity contribution in [2.45, 2.75) is 51.8 Å². The number of amides is 1. The molecule has 1 aromatic rings. The number of aryl methyl sites for hydroxylation is 1. The van der Waals surface area contributed by atoms with Crippen LogP contribution in [0.3, 0.4) is 0 Å². The van der Waals surface area contributed by atoms with Gasteiger partial charge in [0.2, 0.25) is 0 Å². The number of hydrogen-bond donors (Lipinski definition) is 0. The molecule has 2 bridgehead atoms. The molecule has 0 aromatic heterocycles. The zero-order valence-corrected chi connectivity index (χ0v) is 14.6. The van der Waals surface area contributed by atoms with E-state index in [2.05, 4.69) is 0 Å². The summed E-state index contributed by atoms with van der Waals surface area (Å²) in [6.45, 7) is 8.32. The SMILES string of the molecule is Cc1cccc(F)c1C1=CC2COCC(C1)N2C(=O)OC(C)(C)C. The molecule has 1 saturated heterocycles. The van der Waals surface area contributed by atoms with Crippen LogP contribution in [0, 0.1) is 12.7 Å². The van der Waals surface area contributed by atoms with Crippen LogP contribution in [-0.2, 0) is 9.47 Å². The number of carbonyl (C=O) groups excluding carboxylic acids is 1. The fourth-order valence-corrected chi connectivity index (χ4v) is 3.42. The Bertz CT molecular complexity index is 657. The van der Waals surface area contributed by atoms with Gasteiger partial charge in [-0.05, 0) is 51.3 Å². The van der Waals surface area contributed by atoms with E-state index in [0.717, 1.165) is 11.1 Å². The van der Waals surface area contributed by atoms with E-state index in [4.69, 9.17) is 9.47 Å². The van der Waals surface area contributed by atoms with Crippen molar-refractivity contribution in [1.82, 2.24) is 4.90 Å². The first-order chi connectivity index (χ1) is 11.3. The van der Waals surface area contributed by atoms with Gasteiger partial charge in [0.25, 0.3) is 0 Å². The van der Waals surface area contributed by atoms with Crippen LogP contribution >= 0.6 is 0 Å². The first-order valence-corrected chi connectivity index (χ1v) is 8.31. The third-order valence-electron chi connectivity index (χ3n) is 4.35. The maximum Gasteiger partial charge on any atom is 0.411 e. The summed E-state index contributed by atoms with van der Waals surface area (Å²) in [5.74, 6) is -0.217. The van der Waals surface area contributed by atoms with Crippen LogP contribution in [0.5, 0.6) is 0 Å². The average Bonchev–Trinajstić information content (AvgIpc) is 2.44. The van der Waals surface area contributed by atoms with E-state index in [1.165, 1.54) is 6.07 Å². The normalized spacial score (nSPS) is 23.7. The molecule has 2 aliphatic heterocycles. The Morgan fingerprint density at radius 2 is 2.08 bits per heavy atom. The van der Waals surface area contributed by atoms with Crippen LogP contribution in [0.25, 0.3) is 5.57 Å². The Balaban J connectivity index is 1.92. The van der Waals surface area contributed by atoms with Gasteiger partial charge in [-0.15, -0.1) is 0 Å². The molecule has 2 aliphatic rings. The van der Waals surface area contributed by atoms with Crippen molar-refractivity contribution in [3.05, 3.63) is 41.2 Å². The number of benzene rings is 1. The van der Waals surface area contributed by atoms with Gasteiger partial charge in [-0.25, -0.2) is 9.18 Å². The van der Waals surface area contributed by atoms with Gasteiger partial charge in [0.05, 0.1) is 25.3 Å². The lowest BCUT2D eigenvalue weighted by Crippen LogP contribution is -2.57. The molecule has 2 heterocycles. The van der Waals surface area contributed by atoms with Crippen LogP contribution in [0.2, 0.25) is 0 Å². The van der Waals surface area contributed by atoms with Crippen LogP contribution in [0.15, 0.2) is 24.3 Å². The number of fused-ring (bicyclic) bond motifs is 2. The predicted molar refractivity (Wildman–Crippen MR) is 90.2 cm³/mol. The van der Waals surface area contributed by atoms with Gasteiger partial charge in [0.1, 0.15) is 11.4 Å². The lowest BCUT2D eigenvalue weighted by molar-refractivity contribution is -0.0510. The highest BCUT2D eigenvalue weighted by Gasteiger charge is 2.40. The predicted octanol–water partition coefficient (Wildman–Crippen LogP) is 3.93. The molecule has 24 heavy (non-hydrogen) atoms. The molecular weight excluding hydrogens is 309 g/mol. The smallest absolute Gasteiger partial charge is 0.411 e. The maximum absolute atomic E-state index is 14.3. The van der Waals surface area contributed by atoms with Crippen LogP contribution in [0.1, 0.15) is 38.3 Å². The van der Waals surface area contributed by atoms with Crippen molar-refractivity contribution in [2.75, 3.05) is 13.2 Å². The second-order valence-electron chi connectivity index (χ2n) is 7.47. The molecule has 0 radical (unpaired) electrons. The van der Waals surface area contributed by atoms with Gasteiger partial charge >= 0.3 is 6.09 Å². The summed E-state index contributed by atoms with van der Waals surface area (Å²) >= 11 is 0. The largest absolute Gasteiger partial charge is 0.444 e. The molecule has 5 heteroatoms. The second-order valence-corrected chi connectivity index (χ2v) is 7.47. The Morgan fingerprint density at radius 1 is 1.33 bits per heavy atom. The molecule has 0 N–H and O–H groups in total. The number of ether oxygens (including phenoxy) is 2. The summed E-state index contributed by atoms with van der Waals surface area (Å²) in [6.07, 6.45) is 2.18. The summed E-state index contributed by atoms with van der Waals surface area (Å²) < 4.78 is 25.4. The Morgan fingerprint density at radius 3 is 2.71 bits per heavy atom. The van der Waals surface area contributed by atoms with Crippen LogP contribution in [0.4, 0.5) is 9.18 Å². The summed E-state index contributed by atoms with van der Waals surface area (Å²) in [7, 11) is 0. The first kappa shape index (κ1) is 17.0. The van der Waals surface area contributed by atoms with Gasteiger partial charge in [-0.2, -0.15) is 0 Å². The van der Waals surface area contributed by atoms with E-state index < -0.39 is 5.60 Å². The van der Waals surface area contributed by atoms with Crippen molar-refractivity contribution in [2.24, 2.45) is 0 Å². The molecule has 1 amide bonds. The molecule has 1 fully saturated rings. The monoisotopic (exact) mass is 333 g/mol. The molecule has 0 spiro atoms. The van der Waals surface area contributed by atoms with E-state index in [1.54, 1.807) is 11.0 Å². The quantitative estimate of drug-likeness (QED) is 0.782. The maximum atomic E-state index is 14.3.